The number of amides is 1. The molecule has 1 aromatic carbocycles. The maximum absolute atomic E-state index is 12.6. The Hall–Kier alpha value is -2.17. The number of Topliss-reactive ketones (excluding diaryl/α,β-unsaturated/α-hetero) is 1. The van der Waals surface area contributed by atoms with Crippen LogP contribution in [0.5, 0.6) is 0 Å². The van der Waals surface area contributed by atoms with E-state index in [2.05, 4.69) is 0 Å². The van der Waals surface area contributed by atoms with Gasteiger partial charge in [-0.1, -0.05) is 12.1 Å². The molecule has 0 radical (unpaired) electrons. The predicted octanol–water partition coefficient (Wildman–Crippen LogP) is 2.69. The Balaban J connectivity index is 1.62. The average Bonchev–Trinajstić information content (AvgIpc) is 3.24. The van der Waals surface area contributed by atoms with E-state index in [1.54, 1.807) is 11.8 Å². The van der Waals surface area contributed by atoms with Gasteiger partial charge < -0.3 is 9.64 Å². The van der Waals surface area contributed by atoms with Crippen molar-refractivity contribution in [2.24, 2.45) is 0 Å². The highest BCUT2D eigenvalue weighted by atomic mass is 16.5. The van der Waals surface area contributed by atoms with Gasteiger partial charge in [0.1, 0.15) is 5.54 Å². The summed E-state index contributed by atoms with van der Waals surface area (Å²) in [6.45, 7) is 2.28. The molecule has 1 aliphatic heterocycles. The summed E-state index contributed by atoms with van der Waals surface area (Å²) in [6, 6.07) is 5.88. The molecule has 0 unspecified atom stereocenters. The Kier molecular flexibility index (Phi) is 4.93. The molecule has 1 fully saturated rings. The summed E-state index contributed by atoms with van der Waals surface area (Å²) in [4.78, 5) is 38.6. The minimum Gasteiger partial charge on any atom is -0.467 e. The van der Waals surface area contributed by atoms with E-state index in [1.165, 1.54) is 18.2 Å². The predicted molar refractivity (Wildman–Crippen MR) is 93.4 cm³/mol. The number of likely N-dealkylation sites (tertiary alicyclic amines) is 1. The zero-order chi connectivity index (χ0) is 18.0. The molecule has 0 N–H and O–H groups in total. The number of hydrogen-bond acceptors (Lipinski definition) is 4. The van der Waals surface area contributed by atoms with Crippen molar-refractivity contribution in [2.75, 3.05) is 13.7 Å². The topological polar surface area (TPSA) is 63.7 Å². The van der Waals surface area contributed by atoms with Crippen molar-refractivity contribution in [3.8, 4) is 0 Å². The van der Waals surface area contributed by atoms with Gasteiger partial charge in [0, 0.05) is 24.9 Å². The first-order valence-electron chi connectivity index (χ1n) is 8.99. The number of aryl methyl sites for hydroxylation is 2. The van der Waals surface area contributed by atoms with E-state index in [9.17, 15) is 14.4 Å². The number of hydrogen-bond donors (Lipinski definition) is 0. The first kappa shape index (κ1) is 17.6. The van der Waals surface area contributed by atoms with E-state index in [4.69, 9.17) is 4.74 Å². The second-order valence-corrected chi connectivity index (χ2v) is 7.17. The molecule has 134 valence electrons. The lowest BCUT2D eigenvalue weighted by atomic mass is 9.98. The van der Waals surface area contributed by atoms with Crippen LogP contribution < -0.4 is 0 Å². The maximum atomic E-state index is 12.6. The second kappa shape index (κ2) is 6.98. The Morgan fingerprint density at radius 2 is 1.88 bits per heavy atom. The minimum atomic E-state index is -0.900. The van der Waals surface area contributed by atoms with Crippen LogP contribution >= 0.6 is 0 Å². The van der Waals surface area contributed by atoms with Crippen molar-refractivity contribution in [3.05, 3.63) is 34.9 Å². The van der Waals surface area contributed by atoms with Gasteiger partial charge in [0.25, 0.3) is 0 Å². The van der Waals surface area contributed by atoms with Crippen molar-refractivity contribution in [3.63, 3.8) is 0 Å². The van der Waals surface area contributed by atoms with Gasteiger partial charge in [-0.15, -0.1) is 0 Å². The van der Waals surface area contributed by atoms with Crippen LogP contribution in [0.2, 0.25) is 0 Å². The van der Waals surface area contributed by atoms with Crippen LogP contribution in [0, 0.1) is 0 Å². The van der Waals surface area contributed by atoms with Gasteiger partial charge in [0.05, 0.1) is 7.11 Å². The third-order valence-corrected chi connectivity index (χ3v) is 5.55. The number of fused-ring (bicyclic) bond motifs is 1. The van der Waals surface area contributed by atoms with Gasteiger partial charge in [0.15, 0.2) is 5.78 Å². The highest BCUT2D eigenvalue weighted by Crippen LogP contribution is 2.31. The van der Waals surface area contributed by atoms with Gasteiger partial charge in [-0.05, 0) is 56.2 Å². The number of nitrogens with zero attached hydrogens (tertiary/aromatic N) is 1. The summed E-state index contributed by atoms with van der Waals surface area (Å²) < 4.78 is 4.86. The maximum Gasteiger partial charge on any atom is 0.331 e. The van der Waals surface area contributed by atoms with Crippen molar-refractivity contribution < 1.29 is 19.1 Å². The van der Waals surface area contributed by atoms with Crippen LogP contribution in [0.15, 0.2) is 18.2 Å². The number of rotatable bonds is 5. The molecule has 1 aromatic rings. The Morgan fingerprint density at radius 1 is 1.12 bits per heavy atom. The van der Waals surface area contributed by atoms with E-state index in [-0.39, 0.29) is 30.5 Å². The SMILES string of the molecule is COC(=O)[C@]1(C)CCCN1C(=O)CCC(=O)c1ccc2c(c1)CCC2. The number of methoxy groups -OCH3 is 1. The number of carbonyl (C=O) groups is 3. The third-order valence-electron chi connectivity index (χ3n) is 5.55. The fourth-order valence-electron chi connectivity index (χ4n) is 4.04. The summed E-state index contributed by atoms with van der Waals surface area (Å²) in [5.41, 5.74) is 2.38. The number of esters is 1. The van der Waals surface area contributed by atoms with Gasteiger partial charge >= 0.3 is 5.97 Å². The van der Waals surface area contributed by atoms with E-state index < -0.39 is 5.54 Å². The smallest absolute Gasteiger partial charge is 0.331 e. The Morgan fingerprint density at radius 3 is 2.64 bits per heavy atom. The van der Waals surface area contributed by atoms with Gasteiger partial charge in [-0.2, -0.15) is 0 Å². The van der Waals surface area contributed by atoms with Crippen LogP contribution in [0.3, 0.4) is 0 Å². The van der Waals surface area contributed by atoms with Crippen LogP contribution in [0.4, 0.5) is 0 Å². The lowest BCUT2D eigenvalue weighted by molar-refractivity contribution is -0.158. The largest absolute Gasteiger partial charge is 0.467 e. The second-order valence-electron chi connectivity index (χ2n) is 7.17. The van der Waals surface area contributed by atoms with Gasteiger partial charge in [-0.25, -0.2) is 4.79 Å². The minimum absolute atomic E-state index is 0.0120. The van der Waals surface area contributed by atoms with E-state index in [0.717, 1.165) is 25.7 Å². The highest BCUT2D eigenvalue weighted by Gasteiger charge is 2.46. The molecule has 2 aliphatic rings. The summed E-state index contributed by atoms with van der Waals surface area (Å²) in [5, 5.41) is 0. The number of benzene rings is 1. The quantitative estimate of drug-likeness (QED) is 0.609. The van der Waals surface area contributed by atoms with Crippen LogP contribution in [0.1, 0.15) is 60.5 Å². The zero-order valence-electron chi connectivity index (χ0n) is 15.0. The monoisotopic (exact) mass is 343 g/mol. The number of ether oxygens (including phenoxy) is 1. The molecule has 25 heavy (non-hydrogen) atoms. The van der Waals surface area contributed by atoms with Crippen molar-refractivity contribution in [1.82, 2.24) is 4.90 Å². The van der Waals surface area contributed by atoms with E-state index in [1.807, 2.05) is 18.2 Å². The molecule has 1 amide bonds. The average molecular weight is 343 g/mol. The van der Waals surface area contributed by atoms with Gasteiger partial charge in [-0.3, -0.25) is 9.59 Å². The Labute approximate surface area is 148 Å². The number of carbonyl (C=O) groups excluding carboxylic acids is 3. The summed E-state index contributed by atoms with van der Waals surface area (Å²) >= 11 is 0. The zero-order valence-corrected chi connectivity index (χ0v) is 15.0. The molecule has 0 spiro atoms. The van der Waals surface area contributed by atoms with Crippen molar-refractivity contribution in [1.29, 1.82) is 0 Å². The van der Waals surface area contributed by atoms with Crippen molar-refractivity contribution >= 4 is 17.7 Å². The normalized spacial score (nSPS) is 21.9. The third kappa shape index (κ3) is 3.32. The van der Waals surface area contributed by atoms with Gasteiger partial charge in [0.2, 0.25) is 5.91 Å². The fourth-order valence-corrected chi connectivity index (χ4v) is 4.04. The molecule has 1 atom stereocenters. The van der Waals surface area contributed by atoms with Crippen LogP contribution in [-0.2, 0) is 27.2 Å². The fraction of sp³-hybridized carbons (Fsp3) is 0.550. The molecule has 0 bridgehead atoms. The molecule has 3 rings (SSSR count). The summed E-state index contributed by atoms with van der Waals surface area (Å²) in [5.74, 6) is -0.551. The van der Waals surface area contributed by atoms with E-state index >= 15 is 0 Å². The highest BCUT2D eigenvalue weighted by molar-refractivity contribution is 5.98. The molecular formula is C20H25NO4. The first-order valence-corrected chi connectivity index (χ1v) is 8.99. The molecule has 1 saturated heterocycles. The molecule has 0 aromatic heterocycles. The lowest BCUT2D eigenvalue weighted by Crippen LogP contribution is -2.51. The molecular weight excluding hydrogens is 318 g/mol. The van der Waals surface area contributed by atoms with Crippen molar-refractivity contribution in [2.45, 2.75) is 57.4 Å². The van der Waals surface area contributed by atoms with Crippen LogP contribution in [0.25, 0.3) is 0 Å². The lowest BCUT2D eigenvalue weighted by Gasteiger charge is -2.32. The van der Waals surface area contributed by atoms with Crippen LogP contribution in [-0.4, -0.2) is 41.8 Å². The molecule has 1 heterocycles. The summed E-state index contributed by atoms with van der Waals surface area (Å²) in [7, 11) is 1.34. The molecule has 5 nitrogen and oxygen atoms in total. The summed E-state index contributed by atoms with van der Waals surface area (Å²) in [6.07, 6.45) is 4.94. The molecule has 1 aliphatic carbocycles. The van der Waals surface area contributed by atoms with E-state index in [0.29, 0.717) is 18.5 Å². The molecule has 0 saturated carbocycles. The first-order chi connectivity index (χ1) is 12.0. The molecule has 5 heteroatoms. The standard InChI is InChI=1S/C20H25NO4/c1-20(19(24)25-2)11-4-12-21(20)18(23)10-9-17(22)16-8-7-14-5-3-6-15(14)13-16/h7-8,13H,3-6,9-12H2,1-2H3/t20-/m0/s1. The number of ketones is 1. The Bertz CT molecular complexity index is 712.